The van der Waals surface area contributed by atoms with Gasteiger partial charge in [-0.1, -0.05) is 42.2 Å². The first kappa shape index (κ1) is 24.6. The molecule has 4 aromatic heterocycles. The van der Waals surface area contributed by atoms with Gasteiger partial charge in [0.2, 0.25) is 0 Å². The minimum Gasteiger partial charge on any atom is -0.524 e. The molecule has 4 heterocycles. The predicted molar refractivity (Wildman–Crippen MR) is 110 cm³/mol. The van der Waals surface area contributed by atoms with Gasteiger partial charge in [0.05, 0.1) is 18.6 Å². The van der Waals surface area contributed by atoms with Crippen molar-refractivity contribution < 1.29 is 39.0 Å². The number of halogens is 3. The van der Waals surface area contributed by atoms with Gasteiger partial charge >= 0.3 is 27.2 Å². The molecule has 0 amide bonds. The van der Waals surface area contributed by atoms with Gasteiger partial charge in [-0.3, -0.25) is 10.1 Å². The Kier molecular flexibility index (Phi) is 7.02. The van der Waals surface area contributed by atoms with Crippen molar-refractivity contribution in [3.8, 4) is 23.0 Å². The maximum atomic E-state index is 12.9. The predicted octanol–water partition coefficient (Wildman–Crippen LogP) is 4.68. The second-order valence-corrected chi connectivity index (χ2v) is 7.46. The molecule has 0 aliphatic carbocycles. The largest absolute Gasteiger partial charge is 2.00 e. The fraction of sp³-hybridized carbons (Fsp3) is 0.217. The zero-order valence-electron chi connectivity index (χ0n) is 17.8. The summed E-state index contributed by atoms with van der Waals surface area (Å²) in [6.45, 7) is 3.87. The van der Waals surface area contributed by atoms with Crippen LogP contribution in [0.4, 0.5) is 13.2 Å². The van der Waals surface area contributed by atoms with Gasteiger partial charge in [0.1, 0.15) is 5.88 Å². The third-order valence-electron chi connectivity index (χ3n) is 4.96. The molecule has 6 nitrogen and oxygen atoms in total. The Hall–Kier alpha value is -3.06. The molecular formula is C23H18F3N5OPt. The van der Waals surface area contributed by atoms with Crippen molar-refractivity contribution in [2.75, 3.05) is 7.11 Å². The van der Waals surface area contributed by atoms with Crippen LogP contribution in [0, 0.1) is 12.3 Å². The first-order valence-corrected chi connectivity index (χ1v) is 9.61. The molecule has 0 spiro atoms. The van der Waals surface area contributed by atoms with Crippen LogP contribution < -0.4 is 4.74 Å². The second-order valence-electron chi connectivity index (χ2n) is 7.46. The SMILES string of the molecule is COc1ncc[c-]c1-c1cccc(C(C)(C)c2cccc(-n3[c-]cc(C(F)(F)F)n3)n2)n1.[Pt+2]. The number of rotatable bonds is 5. The maximum absolute atomic E-state index is 12.9. The number of pyridine rings is 3. The van der Waals surface area contributed by atoms with Crippen molar-refractivity contribution in [2.24, 2.45) is 0 Å². The summed E-state index contributed by atoms with van der Waals surface area (Å²) in [6, 6.07) is 16.2. The summed E-state index contributed by atoms with van der Waals surface area (Å²) in [4.78, 5) is 13.5. The van der Waals surface area contributed by atoms with E-state index in [9.17, 15) is 13.2 Å². The monoisotopic (exact) mass is 632 g/mol. The van der Waals surface area contributed by atoms with Crippen LogP contribution in [-0.4, -0.2) is 31.8 Å². The Morgan fingerprint density at radius 2 is 1.67 bits per heavy atom. The first-order chi connectivity index (χ1) is 15.2. The topological polar surface area (TPSA) is 65.7 Å². The van der Waals surface area contributed by atoms with Gasteiger partial charge in [0.15, 0.2) is 0 Å². The molecule has 0 fully saturated rings. The van der Waals surface area contributed by atoms with Gasteiger partial charge in [-0.25, -0.2) is 0 Å². The number of ether oxygens (including phenoxy) is 1. The molecule has 0 unspecified atom stereocenters. The van der Waals surface area contributed by atoms with Crippen LogP contribution in [0.1, 0.15) is 30.9 Å². The minimum absolute atomic E-state index is 0. The summed E-state index contributed by atoms with van der Waals surface area (Å²) in [7, 11) is 1.53. The van der Waals surface area contributed by atoms with Crippen molar-refractivity contribution >= 4 is 0 Å². The minimum atomic E-state index is -4.55. The van der Waals surface area contributed by atoms with E-state index in [2.05, 4.69) is 27.3 Å². The molecule has 0 saturated carbocycles. The van der Waals surface area contributed by atoms with Gasteiger partial charge < -0.3 is 19.4 Å². The summed E-state index contributed by atoms with van der Waals surface area (Å²) < 4.78 is 45.0. The Labute approximate surface area is 203 Å². The number of hydrogen-bond donors (Lipinski definition) is 0. The van der Waals surface area contributed by atoms with Crippen molar-refractivity contribution in [1.29, 1.82) is 0 Å². The van der Waals surface area contributed by atoms with E-state index in [1.807, 2.05) is 32.0 Å². The Morgan fingerprint density at radius 1 is 0.970 bits per heavy atom. The smallest absolute Gasteiger partial charge is 0.524 e. The maximum Gasteiger partial charge on any atom is 2.00 e. The number of hydrogen-bond acceptors (Lipinski definition) is 5. The Balaban J connectivity index is 0.00000306. The molecule has 0 aliphatic rings. The van der Waals surface area contributed by atoms with Crippen LogP contribution in [0.5, 0.6) is 5.88 Å². The molecule has 0 N–H and O–H groups in total. The molecule has 0 bridgehead atoms. The average Bonchev–Trinajstić information content (AvgIpc) is 3.30. The van der Waals surface area contributed by atoms with Gasteiger partial charge in [-0.15, -0.1) is 18.2 Å². The normalized spacial score (nSPS) is 11.7. The molecule has 172 valence electrons. The summed E-state index contributed by atoms with van der Waals surface area (Å²) in [5, 5.41) is 3.55. The van der Waals surface area contributed by atoms with Crippen LogP contribution in [-0.2, 0) is 32.7 Å². The van der Waals surface area contributed by atoms with Crippen LogP contribution in [0.3, 0.4) is 0 Å². The average molecular weight is 633 g/mol. The van der Waals surface area contributed by atoms with Gasteiger partial charge in [0.25, 0.3) is 0 Å². The van der Waals surface area contributed by atoms with Crippen LogP contribution >= 0.6 is 0 Å². The molecule has 4 rings (SSSR count). The summed E-state index contributed by atoms with van der Waals surface area (Å²) in [6.07, 6.45) is -0.490. The molecule has 0 atom stereocenters. The Bertz CT molecular complexity index is 1260. The van der Waals surface area contributed by atoms with E-state index in [1.165, 1.54) is 7.11 Å². The number of alkyl halides is 3. The summed E-state index contributed by atoms with van der Waals surface area (Å²) in [5.74, 6) is 0.634. The van der Waals surface area contributed by atoms with Crippen molar-refractivity contribution in [2.45, 2.75) is 25.4 Å². The molecule has 4 aromatic rings. The van der Waals surface area contributed by atoms with Gasteiger partial charge in [-0.05, 0) is 31.7 Å². The molecule has 0 saturated heterocycles. The molecule has 33 heavy (non-hydrogen) atoms. The second kappa shape index (κ2) is 9.43. The standard InChI is InChI=1S/C23H18F3N5O.Pt/c1-22(2,17-9-4-8-16(28-17)15-7-6-13-27-21(15)32-3)18-10-5-11-20(29-18)31-14-12-19(30-31)23(24,25)26;/h4-6,8-13H,1-3H3;/q-2;+2. The van der Waals surface area contributed by atoms with E-state index in [0.717, 1.165) is 10.7 Å². The quantitative estimate of drug-likeness (QED) is 0.300. The van der Waals surface area contributed by atoms with Gasteiger partial charge in [0, 0.05) is 16.8 Å². The van der Waals surface area contributed by atoms with E-state index in [4.69, 9.17) is 9.72 Å². The zero-order valence-corrected chi connectivity index (χ0v) is 20.1. The van der Waals surface area contributed by atoms with E-state index in [-0.39, 0.29) is 26.9 Å². The first-order valence-electron chi connectivity index (χ1n) is 9.61. The molecule has 0 radical (unpaired) electrons. The van der Waals surface area contributed by atoms with E-state index in [0.29, 0.717) is 28.5 Å². The van der Waals surface area contributed by atoms with E-state index >= 15 is 0 Å². The van der Waals surface area contributed by atoms with Crippen LogP contribution in [0.15, 0.2) is 54.7 Å². The third-order valence-corrected chi connectivity index (χ3v) is 4.96. The third kappa shape index (κ3) is 4.98. The van der Waals surface area contributed by atoms with Gasteiger partial charge in [-0.2, -0.15) is 13.2 Å². The Morgan fingerprint density at radius 3 is 2.33 bits per heavy atom. The van der Waals surface area contributed by atoms with Crippen molar-refractivity contribution in [3.63, 3.8) is 0 Å². The summed E-state index contributed by atoms with van der Waals surface area (Å²) in [5.41, 5.74) is 0.882. The van der Waals surface area contributed by atoms with Crippen molar-refractivity contribution in [3.05, 3.63) is 84.1 Å². The number of methoxy groups -OCH3 is 1. The fourth-order valence-corrected chi connectivity index (χ4v) is 3.18. The van der Waals surface area contributed by atoms with Crippen LogP contribution in [0.25, 0.3) is 17.1 Å². The number of aromatic nitrogens is 5. The molecular weight excluding hydrogens is 614 g/mol. The zero-order chi connectivity index (χ0) is 22.9. The molecule has 10 heteroatoms. The molecule has 0 aliphatic heterocycles. The van der Waals surface area contributed by atoms with E-state index in [1.54, 1.807) is 30.5 Å². The van der Waals surface area contributed by atoms with E-state index < -0.39 is 17.3 Å². The summed E-state index contributed by atoms with van der Waals surface area (Å²) >= 11 is 0. The van der Waals surface area contributed by atoms with Crippen molar-refractivity contribution in [1.82, 2.24) is 24.7 Å². The van der Waals surface area contributed by atoms with Crippen LogP contribution in [0.2, 0.25) is 0 Å². The number of nitrogens with zero attached hydrogens (tertiary/aromatic N) is 5. The fourth-order valence-electron chi connectivity index (χ4n) is 3.18. The molecule has 0 aromatic carbocycles.